The van der Waals surface area contributed by atoms with E-state index in [4.69, 9.17) is 4.74 Å². The van der Waals surface area contributed by atoms with Crippen molar-refractivity contribution >= 4 is 5.91 Å². The zero-order valence-corrected chi connectivity index (χ0v) is 14.5. The highest BCUT2D eigenvalue weighted by atomic mass is 16.5. The molecule has 1 unspecified atom stereocenters. The molecule has 1 atom stereocenters. The summed E-state index contributed by atoms with van der Waals surface area (Å²) in [6.07, 6.45) is 8.44. The molecule has 5 nitrogen and oxygen atoms in total. The van der Waals surface area contributed by atoms with E-state index in [2.05, 4.69) is 22.8 Å². The van der Waals surface area contributed by atoms with Gasteiger partial charge >= 0.3 is 0 Å². The number of amides is 1. The van der Waals surface area contributed by atoms with E-state index in [1.807, 2.05) is 11.8 Å². The van der Waals surface area contributed by atoms with Crippen molar-refractivity contribution in [2.75, 3.05) is 19.7 Å². The Morgan fingerprint density at radius 2 is 2.00 bits per heavy atom. The van der Waals surface area contributed by atoms with E-state index in [1.54, 1.807) is 0 Å². The van der Waals surface area contributed by atoms with Gasteiger partial charge in [0.25, 0.3) is 0 Å². The van der Waals surface area contributed by atoms with Crippen molar-refractivity contribution in [3.8, 4) is 0 Å². The van der Waals surface area contributed by atoms with E-state index in [0.29, 0.717) is 12.1 Å². The summed E-state index contributed by atoms with van der Waals surface area (Å²) in [7, 11) is 0. The van der Waals surface area contributed by atoms with Crippen LogP contribution >= 0.6 is 0 Å². The van der Waals surface area contributed by atoms with Gasteiger partial charge in [-0.05, 0) is 45.6 Å². The molecule has 1 aromatic heterocycles. The van der Waals surface area contributed by atoms with Gasteiger partial charge in [-0.25, -0.2) is 0 Å². The maximum absolute atomic E-state index is 12.5. The molecule has 1 aliphatic carbocycles. The molecule has 1 aromatic rings. The van der Waals surface area contributed by atoms with Crippen molar-refractivity contribution in [3.63, 3.8) is 0 Å². The molecule has 1 amide bonds. The van der Waals surface area contributed by atoms with E-state index in [1.165, 1.54) is 25.0 Å². The van der Waals surface area contributed by atoms with Crippen molar-refractivity contribution in [1.29, 1.82) is 0 Å². The molecule has 1 saturated carbocycles. The van der Waals surface area contributed by atoms with Crippen LogP contribution in [0.3, 0.4) is 0 Å². The average Bonchev–Trinajstić information content (AvgIpc) is 2.92. The summed E-state index contributed by atoms with van der Waals surface area (Å²) in [6.45, 7) is 5.96. The second kappa shape index (κ2) is 7.47. The Bertz CT molecular complexity index is 534. The van der Waals surface area contributed by atoms with Gasteiger partial charge in [0.15, 0.2) is 0 Å². The standard InChI is InChI=1S/C18H29N3O2/c1-14-11-15(2)21(19-14)16-7-6-10-20(12-16)18(22)13-23-17-8-4-3-5-9-17/h11,16-17H,3-10,12-13H2,1-2H3. The highest BCUT2D eigenvalue weighted by molar-refractivity contribution is 5.77. The highest BCUT2D eigenvalue weighted by Crippen LogP contribution is 2.24. The number of hydrogen-bond donors (Lipinski definition) is 0. The maximum Gasteiger partial charge on any atom is 0.248 e. The molecule has 3 rings (SSSR count). The van der Waals surface area contributed by atoms with E-state index < -0.39 is 0 Å². The van der Waals surface area contributed by atoms with Crippen LogP contribution in [0.25, 0.3) is 0 Å². The third kappa shape index (κ3) is 4.14. The number of carbonyl (C=O) groups is 1. The minimum absolute atomic E-state index is 0.141. The zero-order valence-electron chi connectivity index (χ0n) is 14.5. The smallest absolute Gasteiger partial charge is 0.248 e. The summed E-state index contributed by atoms with van der Waals surface area (Å²) in [5.74, 6) is 0.141. The number of hydrogen-bond acceptors (Lipinski definition) is 3. The average molecular weight is 319 g/mol. The molecule has 2 aliphatic rings. The predicted octanol–water partition coefficient (Wildman–Crippen LogP) is 3.01. The van der Waals surface area contributed by atoms with Crippen LogP contribution in [0, 0.1) is 13.8 Å². The molecule has 2 fully saturated rings. The second-order valence-corrected chi connectivity index (χ2v) is 7.08. The lowest BCUT2D eigenvalue weighted by atomic mass is 9.98. The molecular formula is C18H29N3O2. The van der Waals surface area contributed by atoms with Crippen LogP contribution in [0.15, 0.2) is 6.07 Å². The minimum atomic E-state index is 0.141. The molecule has 1 aliphatic heterocycles. The van der Waals surface area contributed by atoms with Crippen LogP contribution in [-0.4, -0.2) is 46.4 Å². The first-order chi connectivity index (χ1) is 11.1. The maximum atomic E-state index is 12.5. The Balaban J connectivity index is 1.53. The fourth-order valence-corrected chi connectivity index (χ4v) is 3.91. The van der Waals surface area contributed by atoms with E-state index in [9.17, 15) is 4.79 Å². The topological polar surface area (TPSA) is 47.4 Å². The van der Waals surface area contributed by atoms with Gasteiger partial charge in [0.2, 0.25) is 5.91 Å². The Morgan fingerprint density at radius 1 is 1.22 bits per heavy atom. The number of carbonyl (C=O) groups excluding carboxylic acids is 1. The van der Waals surface area contributed by atoms with E-state index >= 15 is 0 Å². The minimum Gasteiger partial charge on any atom is -0.368 e. The second-order valence-electron chi connectivity index (χ2n) is 7.08. The number of aryl methyl sites for hydroxylation is 2. The highest BCUT2D eigenvalue weighted by Gasteiger charge is 2.26. The molecule has 1 saturated heterocycles. The molecule has 2 heterocycles. The fourth-order valence-electron chi connectivity index (χ4n) is 3.91. The number of likely N-dealkylation sites (tertiary alicyclic amines) is 1. The first-order valence-corrected chi connectivity index (χ1v) is 9.05. The normalized spacial score (nSPS) is 23.2. The Hall–Kier alpha value is -1.36. The Morgan fingerprint density at radius 3 is 2.70 bits per heavy atom. The lowest BCUT2D eigenvalue weighted by Crippen LogP contribution is -2.43. The number of ether oxygens (including phenoxy) is 1. The van der Waals surface area contributed by atoms with Crippen LogP contribution in [0.2, 0.25) is 0 Å². The molecule has 0 N–H and O–H groups in total. The van der Waals surface area contributed by atoms with Crippen LogP contribution in [0.5, 0.6) is 0 Å². The Labute approximate surface area is 139 Å². The van der Waals surface area contributed by atoms with Crippen LogP contribution in [0.1, 0.15) is 62.4 Å². The molecular weight excluding hydrogens is 290 g/mol. The van der Waals surface area contributed by atoms with Crippen molar-refractivity contribution in [3.05, 3.63) is 17.5 Å². The third-order valence-electron chi connectivity index (χ3n) is 5.13. The molecule has 0 spiro atoms. The van der Waals surface area contributed by atoms with Crippen molar-refractivity contribution in [1.82, 2.24) is 14.7 Å². The van der Waals surface area contributed by atoms with Gasteiger partial charge in [0, 0.05) is 18.8 Å². The predicted molar refractivity (Wildman–Crippen MR) is 89.4 cm³/mol. The number of aromatic nitrogens is 2. The van der Waals surface area contributed by atoms with Crippen LogP contribution in [-0.2, 0) is 9.53 Å². The van der Waals surface area contributed by atoms with Gasteiger partial charge in [-0.3, -0.25) is 9.48 Å². The lowest BCUT2D eigenvalue weighted by Gasteiger charge is -2.34. The van der Waals surface area contributed by atoms with Crippen LogP contribution in [0.4, 0.5) is 0 Å². The van der Waals surface area contributed by atoms with E-state index in [-0.39, 0.29) is 12.5 Å². The fraction of sp³-hybridized carbons (Fsp3) is 0.778. The summed E-state index contributed by atoms with van der Waals surface area (Å²) in [5, 5.41) is 4.59. The van der Waals surface area contributed by atoms with Gasteiger partial charge in [0.1, 0.15) is 6.61 Å². The van der Waals surface area contributed by atoms with E-state index in [0.717, 1.165) is 44.5 Å². The van der Waals surface area contributed by atoms with Crippen molar-refractivity contribution in [2.24, 2.45) is 0 Å². The SMILES string of the molecule is Cc1cc(C)n(C2CCCN(C(=O)COC3CCCCC3)C2)n1. The molecule has 0 aromatic carbocycles. The van der Waals surface area contributed by atoms with Gasteiger partial charge in [0.05, 0.1) is 17.8 Å². The quantitative estimate of drug-likeness (QED) is 0.857. The van der Waals surface area contributed by atoms with Crippen molar-refractivity contribution in [2.45, 2.75) is 70.9 Å². The zero-order chi connectivity index (χ0) is 16.2. The third-order valence-corrected chi connectivity index (χ3v) is 5.13. The molecule has 128 valence electrons. The summed E-state index contributed by atoms with van der Waals surface area (Å²) in [4.78, 5) is 14.4. The number of nitrogens with zero attached hydrogens (tertiary/aromatic N) is 3. The van der Waals surface area contributed by atoms with Gasteiger partial charge in [-0.15, -0.1) is 0 Å². The first kappa shape index (κ1) is 16.5. The van der Waals surface area contributed by atoms with Gasteiger partial charge in [-0.1, -0.05) is 19.3 Å². The number of piperidine rings is 1. The number of rotatable bonds is 4. The monoisotopic (exact) mass is 319 g/mol. The summed E-state index contributed by atoms with van der Waals surface area (Å²) >= 11 is 0. The summed E-state index contributed by atoms with van der Waals surface area (Å²) in [6, 6.07) is 2.41. The summed E-state index contributed by atoms with van der Waals surface area (Å²) < 4.78 is 7.95. The van der Waals surface area contributed by atoms with Gasteiger partial charge in [-0.2, -0.15) is 5.10 Å². The molecule has 23 heavy (non-hydrogen) atoms. The molecule has 5 heteroatoms. The van der Waals surface area contributed by atoms with Crippen molar-refractivity contribution < 1.29 is 9.53 Å². The van der Waals surface area contributed by atoms with Crippen LogP contribution < -0.4 is 0 Å². The van der Waals surface area contributed by atoms with Gasteiger partial charge < -0.3 is 9.64 Å². The molecule has 0 radical (unpaired) electrons. The first-order valence-electron chi connectivity index (χ1n) is 9.05. The largest absolute Gasteiger partial charge is 0.368 e. The molecule has 0 bridgehead atoms. The summed E-state index contributed by atoms with van der Waals surface area (Å²) in [5.41, 5.74) is 2.23. The Kier molecular flexibility index (Phi) is 5.36. The lowest BCUT2D eigenvalue weighted by molar-refractivity contribution is -0.140.